The Bertz CT molecular complexity index is 607. The molecule has 0 saturated carbocycles. The molecule has 0 unspecified atom stereocenters. The average molecular weight is 258 g/mol. The van der Waals surface area contributed by atoms with E-state index in [4.69, 9.17) is 5.73 Å². The van der Waals surface area contributed by atoms with Gasteiger partial charge in [0.05, 0.1) is 11.4 Å². The fourth-order valence-corrected chi connectivity index (χ4v) is 2.19. The van der Waals surface area contributed by atoms with E-state index in [0.717, 1.165) is 16.8 Å². The van der Waals surface area contributed by atoms with E-state index in [9.17, 15) is 4.39 Å². The maximum Gasteiger partial charge on any atom is 0.148 e. The molecule has 2 aromatic carbocycles. The Balaban J connectivity index is 2.52. The Morgan fingerprint density at radius 2 is 1.58 bits per heavy atom. The van der Waals surface area contributed by atoms with Gasteiger partial charge in [-0.05, 0) is 62.1 Å². The molecule has 0 saturated heterocycles. The van der Waals surface area contributed by atoms with Gasteiger partial charge in [-0.3, -0.25) is 0 Å². The van der Waals surface area contributed by atoms with Crippen molar-refractivity contribution >= 4 is 17.1 Å². The molecule has 3 N–H and O–H groups in total. The first-order chi connectivity index (χ1) is 8.91. The Morgan fingerprint density at radius 1 is 1.00 bits per heavy atom. The van der Waals surface area contributed by atoms with E-state index in [1.54, 1.807) is 12.1 Å². The summed E-state index contributed by atoms with van der Waals surface area (Å²) in [6, 6.07) is 6.96. The van der Waals surface area contributed by atoms with Crippen LogP contribution in [0.5, 0.6) is 0 Å². The van der Waals surface area contributed by atoms with Gasteiger partial charge < -0.3 is 11.1 Å². The number of benzene rings is 2. The standard InChI is InChI=1S/C16H19FN2/c1-9-8-10(2)12(4)16(11(9)3)19-14-7-5-6-13(17)15(14)18/h5-8,19H,18H2,1-4H3. The van der Waals surface area contributed by atoms with Crippen LogP contribution in [0.3, 0.4) is 0 Å². The molecule has 2 aromatic rings. The van der Waals surface area contributed by atoms with Gasteiger partial charge in [-0.25, -0.2) is 4.39 Å². The van der Waals surface area contributed by atoms with E-state index >= 15 is 0 Å². The van der Waals surface area contributed by atoms with Crippen LogP contribution < -0.4 is 11.1 Å². The second-order valence-electron chi connectivity index (χ2n) is 4.96. The number of rotatable bonds is 2. The molecular formula is C16H19FN2. The van der Waals surface area contributed by atoms with Gasteiger partial charge in [-0.1, -0.05) is 12.1 Å². The number of nitrogen functional groups attached to an aromatic ring is 1. The molecule has 0 fully saturated rings. The van der Waals surface area contributed by atoms with Crippen molar-refractivity contribution in [2.24, 2.45) is 0 Å². The van der Waals surface area contributed by atoms with Crippen LogP contribution in [0.25, 0.3) is 0 Å². The molecule has 2 nitrogen and oxygen atoms in total. The van der Waals surface area contributed by atoms with Crippen LogP contribution >= 0.6 is 0 Å². The summed E-state index contributed by atoms with van der Waals surface area (Å²) in [7, 11) is 0. The minimum atomic E-state index is -0.398. The first-order valence-electron chi connectivity index (χ1n) is 6.30. The minimum absolute atomic E-state index is 0.153. The zero-order chi connectivity index (χ0) is 14.2. The zero-order valence-electron chi connectivity index (χ0n) is 11.8. The highest BCUT2D eigenvalue weighted by atomic mass is 19.1. The fourth-order valence-electron chi connectivity index (χ4n) is 2.19. The smallest absolute Gasteiger partial charge is 0.148 e. The molecule has 0 radical (unpaired) electrons. The van der Waals surface area contributed by atoms with Crippen molar-refractivity contribution in [3.8, 4) is 0 Å². The SMILES string of the molecule is Cc1cc(C)c(C)c(Nc2cccc(F)c2N)c1C. The third-order valence-corrected chi connectivity index (χ3v) is 3.68. The van der Waals surface area contributed by atoms with Crippen LogP contribution in [-0.2, 0) is 0 Å². The molecule has 0 heterocycles. The van der Waals surface area contributed by atoms with Crippen LogP contribution in [-0.4, -0.2) is 0 Å². The summed E-state index contributed by atoms with van der Waals surface area (Å²) in [6.45, 7) is 8.25. The Kier molecular flexibility index (Phi) is 3.47. The van der Waals surface area contributed by atoms with Gasteiger partial charge >= 0.3 is 0 Å². The highest BCUT2D eigenvalue weighted by molar-refractivity contribution is 5.77. The Hall–Kier alpha value is -2.03. The summed E-state index contributed by atoms with van der Waals surface area (Å²) in [5.41, 5.74) is 12.3. The van der Waals surface area contributed by atoms with Gasteiger partial charge in [0.2, 0.25) is 0 Å². The van der Waals surface area contributed by atoms with Crippen molar-refractivity contribution < 1.29 is 4.39 Å². The number of nitrogens with one attached hydrogen (secondary N) is 1. The Labute approximate surface area is 113 Å². The van der Waals surface area contributed by atoms with Crippen LogP contribution in [0.4, 0.5) is 21.5 Å². The summed E-state index contributed by atoms with van der Waals surface area (Å²) in [5.74, 6) is -0.398. The van der Waals surface area contributed by atoms with E-state index in [-0.39, 0.29) is 5.69 Å². The second-order valence-corrected chi connectivity index (χ2v) is 4.96. The summed E-state index contributed by atoms with van der Waals surface area (Å²) in [6.07, 6.45) is 0. The molecule has 0 aliphatic rings. The first kappa shape index (κ1) is 13.4. The third-order valence-electron chi connectivity index (χ3n) is 3.68. The largest absolute Gasteiger partial charge is 0.395 e. The molecule has 0 spiro atoms. The van der Waals surface area contributed by atoms with Crippen LogP contribution in [0, 0.1) is 33.5 Å². The molecule has 0 aliphatic heterocycles. The topological polar surface area (TPSA) is 38.0 Å². The number of aryl methyl sites for hydroxylation is 2. The molecule has 0 bridgehead atoms. The lowest BCUT2D eigenvalue weighted by molar-refractivity contribution is 0.633. The molecular weight excluding hydrogens is 239 g/mol. The van der Waals surface area contributed by atoms with Crippen molar-refractivity contribution in [2.75, 3.05) is 11.1 Å². The van der Waals surface area contributed by atoms with E-state index in [1.165, 1.54) is 17.2 Å². The summed E-state index contributed by atoms with van der Waals surface area (Å²) >= 11 is 0. The van der Waals surface area contributed by atoms with Gasteiger partial charge in [-0.2, -0.15) is 0 Å². The van der Waals surface area contributed by atoms with Crippen molar-refractivity contribution in [3.05, 3.63) is 52.3 Å². The van der Waals surface area contributed by atoms with Crippen LogP contribution in [0.1, 0.15) is 22.3 Å². The third kappa shape index (κ3) is 2.41. The van der Waals surface area contributed by atoms with Gasteiger partial charge in [-0.15, -0.1) is 0 Å². The van der Waals surface area contributed by atoms with Crippen LogP contribution in [0.15, 0.2) is 24.3 Å². The van der Waals surface area contributed by atoms with Crippen molar-refractivity contribution in [1.82, 2.24) is 0 Å². The molecule has 100 valence electrons. The zero-order valence-corrected chi connectivity index (χ0v) is 11.8. The maximum atomic E-state index is 13.5. The first-order valence-corrected chi connectivity index (χ1v) is 6.30. The molecule has 2 rings (SSSR count). The lowest BCUT2D eigenvalue weighted by atomic mass is 9.98. The monoisotopic (exact) mass is 258 g/mol. The second kappa shape index (κ2) is 4.92. The fraction of sp³-hybridized carbons (Fsp3) is 0.250. The van der Waals surface area contributed by atoms with E-state index in [1.807, 2.05) is 0 Å². The van der Waals surface area contributed by atoms with Crippen LogP contribution in [0.2, 0.25) is 0 Å². The average Bonchev–Trinajstić information content (AvgIpc) is 2.37. The number of para-hydroxylation sites is 1. The molecule has 0 aromatic heterocycles. The predicted octanol–water partition coefficient (Wildman–Crippen LogP) is 4.39. The maximum absolute atomic E-state index is 13.5. The van der Waals surface area contributed by atoms with Gasteiger partial charge in [0.25, 0.3) is 0 Å². The highest BCUT2D eigenvalue weighted by Crippen LogP contribution is 2.32. The molecule has 0 amide bonds. The normalized spacial score (nSPS) is 10.6. The predicted molar refractivity (Wildman–Crippen MR) is 79.5 cm³/mol. The lowest BCUT2D eigenvalue weighted by Gasteiger charge is -2.18. The van der Waals surface area contributed by atoms with Gasteiger partial charge in [0.1, 0.15) is 5.82 Å². The van der Waals surface area contributed by atoms with Crippen molar-refractivity contribution in [2.45, 2.75) is 27.7 Å². The Morgan fingerprint density at radius 3 is 2.16 bits per heavy atom. The van der Waals surface area contributed by atoms with Crippen molar-refractivity contribution in [1.29, 1.82) is 0 Å². The minimum Gasteiger partial charge on any atom is -0.395 e. The summed E-state index contributed by atoms with van der Waals surface area (Å²) in [5, 5.41) is 3.27. The quantitative estimate of drug-likeness (QED) is 0.784. The van der Waals surface area contributed by atoms with Gasteiger partial charge in [0, 0.05) is 5.69 Å². The van der Waals surface area contributed by atoms with E-state index < -0.39 is 5.82 Å². The van der Waals surface area contributed by atoms with E-state index in [0.29, 0.717) is 5.69 Å². The number of halogens is 1. The van der Waals surface area contributed by atoms with Crippen molar-refractivity contribution in [3.63, 3.8) is 0 Å². The number of hydrogen-bond acceptors (Lipinski definition) is 2. The summed E-state index contributed by atoms with van der Waals surface area (Å²) in [4.78, 5) is 0. The van der Waals surface area contributed by atoms with E-state index in [2.05, 4.69) is 39.1 Å². The highest BCUT2D eigenvalue weighted by Gasteiger charge is 2.11. The number of hydrogen-bond donors (Lipinski definition) is 2. The molecule has 19 heavy (non-hydrogen) atoms. The molecule has 0 aliphatic carbocycles. The molecule has 3 heteroatoms. The lowest BCUT2D eigenvalue weighted by Crippen LogP contribution is -2.03. The van der Waals surface area contributed by atoms with Gasteiger partial charge in [0.15, 0.2) is 0 Å². The summed E-state index contributed by atoms with van der Waals surface area (Å²) < 4.78 is 13.5. The number of nitrogens with two attached hydrogens (primary N) is 1. The number of anilines is 3. The molecule has 0 atom stereocenters.